The van der Waals surface area contributed by atoms with E-state index in [1.165, 1.54) is 0 Å². The van der Waals surface area contributed by atoms with Crippen LogP contribution in [0, 0.1) is 6.92 Å². The Hall–Kier alpha value is -2.13. The molecule has 23 heavy (non-hydrogen) atoms. The van der Waals surface area contributed by atoms with Crippen LogP contribution >= 0.6 is 0 Å². The highest BCUT2D eigenvalue weighted by Crippen LogP contribution is 2.28. The molecule has 0 spiro atoms. The molecule has 1 saturated heterocycles. The minimum absolute atomic E-state index is 0.0766. The number of hydrogen-bond donors (Lipinski definition) is 1. The second-order valence-electron chi connectivity index (χ2n) is 6.32. The SMILES string of the molecule is Cc1ccc(C(=O)N2CCCC2CC(O)c2ccccc2)cc1. The van der Waals surface area contributed by atoms with Gasteiger partial charge in [0.05, 0.1) is 6.10 Å². The molecule has 0 aromatic heterocycles. The maximum atomic E-state index is 12.7. The third kappa shape index (κ3) is 3.62. The molecule has 1 fully saturated rings. The predicted octanol–water partition coefficient (Wildman–Crippen LogP) is 3.72. The quantitative estimate of drug-likeness (QED) is 0.935. The summed E-state index contributed by atoms with van der Waals surface area (Å²) >= 11 is 0. The molecule has 1 N–H and O–H groups in total. The Kier molecular flexibility index (Phi) is 4.77. The van der Waals surface area contributed by atoms with E-state index < -0.39 is 6.10 Å². The van der Waals surface area contributed by atoms with Crippen LogP contribution in [0.2, 0.25) is 0 Å². The van der Waals surface area contributed by atoms with Gasteiger partial charge in [-0.2, -0.15) is 0 Å². The first-order valence-electron chi connectivity index (χ1n) is 8.26. The molecule has 120 valence electrons. The van der Waals surface area contributed by atoms with Crippen molar-refractivity contribution in [2.75, 3.05) is 6.54 Å². The molecule has 2 unspecified atom stereocenters. The van der Waals surface area contributed by atoms with Gasteiger partial charge < -0.3 is 10.0 Å². The molecule has 0 saturated carbocycles. The highest BCUT2D eigenvalue weighted by atomic mass is 16.3. The van der Waals surface area contributed by atoms with E-state index in [4.69, 9.17) is 0 Å². The van der Waals surface area contributed by atoms with Gasteiger partial charge in [-0.1, -0.05) is 48.0 Å². The monoisotopic (exact) mass is 309 g/mol. The fourth-order valence-corrected chi connectivity index (χ4v) is 3.28. The number of carbonyl (C=O) groups excluding carboxylic acids is 1. The van der Waals surface area contributed by atoms with E-state index in [1.807, 2.05) is 66.4 Å². The van der Waals surface area contributed by atoms with Gasteiger partial charge in [-0.15, -0.1) is 0 Å². The first kappa shape index (κ1) is 15.8. The number of rotatable bonds is 4. The normalized spacial score (nSPS) is 18.9. The number of aliphatic hydroxyl groups is 1. The molecule has 1 heterocycles. The van der Waals surface area contributed by atoms with Crippen LogP contribution < -0.4 is 0 Å². The molecule has 3 heteroatoms. The Labute approximate surface area is 137 Å². The summed E-state index contributed by atoms with van der Waals surface area (Å²) in [6.45, 7) is 2.79. The lowest BCUT2D eigenvalue weighted by molar-refractivity contribution is 0.0667. The van der Waals surface area contributed by atoms with Gasteiger partial charge in [0, 0.05) is 18.2 Å². The summed E-state index contributed by atoms with van der Waals surface area (Å²) in [6, 6.07) is 17.5. The molecule has 2 aromatic carbocycles. The number of amides is 1. The molecule has 0 aliphatic carbocycles. The third-order valence-electron chi connectivity index (χ3n) is 4.62. The Morgan fingerprint density at radius 1 is 1.17 bits per heavy atom. The van der Waals surface area contributed by atoms with Gasteiger partial charge in [0.1, 0.15) is 0 Å². The lowest BCUT2D eigenvalue weighted by Gasteiger charge is -2.27. The molecule has 2 atom stereocenters. The lowest BCUT2D eigenvalue weighted by atomic mass is 10.00. The predicted molar refractivity (Wildman–Crippen MR) is 91.3 cm³/mol. The van der Waals surface area contributed by atoms with Crippen molar-refractivity contribution in [1.82, 2.24) is 4.90 Å². The lowest BCUT2D eigenvalue weighted by Crippen LogP contribution is -2.36. The fraction of sp³-hybridized carbons (Fsp3) is 0.350. The molecule has 1 aliphatic rings. The van der Waals surface area contributed by atoms with Crippen LogP contribution in [-0.4, -0.2) is 28.5 Å². The summed E-state index contributed by atoms with van der Waals surface area (Å²) in [4.78, 5) is 14.7. The second-order valence-corrected chi connectivity index (χ2v) is 6.32. The van der Waals surface area contributed by atoms with E-state index in [0.717, 1.165) is 36.1 Å². The Balaban J connectivity index is 1.70. The first-order chi connectivity index (χ1) is 11.1. The molecule has 3 nitrogen and oxygen atoms in total. The standard InChI is InChI=1S/C20H23NO2/c1-15-9-11-17(12-10-15)20(23)21-13-5-8-18(21)14-19(22)16-6-3-2-4-7-16/h2-4,6-7,9-12,18-19,22H,5,8,13-14H2,1H3. The number of hydrogen-bond acceptors (Lipinski definition) is 2. The van der Waals surface area contributed by atoms with Crippen molar-refractivity contribution in [3.05, 3.63) is 71.3 Å². The Morgan fingerprint density at radius 3 is 2.57 bits per heavy atom. The van der Waals surface area contributed by atoms with E-state index in [0.29, 0.717) is 6.42 Å². The molecule has 0 radical (unpaired) electrons. The van der Waals surface area contributed by atoms with Crippen LogP contribution in [-0.2, 0) is 0 Å². The number of benzene rings is 2. The number of likely N-dealkylation sites (tertiary alicyclic amines) is 1. The van der Waals surface area contributed by atoms with Crippen molar-refractivity contribution in [2.45, 2.75) is 38.3 Å². The van der Waals surface area contributed by atoms with Crippen LogP contribution in [0.25, 0.3) is 0 Å². The summed E-state index contributed by atoms with van der Waals surface area (Å²) in [6.07, 6.45) is 2.04. The van der Waals surface area contributed by atoms with Gasteiger partial charge in [0.2, 0.25) is 0 Å². The van der Waals surface area contributed by atoms with E-state index in [9.17, 15) is 9.90 Å². The van der Waals surface area contributed by atoms with Crippen LogP contribution in [0.1, 0.15) is 46.9 Å². The topological polar surface area (TPSA) is 40.5 Å². The van der Waals surface area contributed by atoms with Gasteiger partial charge >= 0.3 is 0 Å². The van der Waals surface area contributed by atoms with E-state index in [1.54, 1.807) is 0 Å². The Morgan fingerprint density at radius 2 is 1.87 bits per heavy atom. The maximum Gasteiger partial charge on any atom is 0.254 e. The summed E-state index contributed by atoms with van der Waals surface area (Å²) in [5.74, 6) is 0.0766. The van der Waals surface area contributed by atoms with Gasteiger partial charge in [-0.05, 0) is 43.9 Å². The molecule has 0 bridgehead atoms. The van der Waals surface area contributed by atoms with Crippen molar-refractivity contribution in [2.24, 2.45) is 0 Å². The molecule has 2 aromatic rings. The minimum atomic E-state index is -0.521. The van der Waals surface area contributed by atoms with Crippen molar-refractivity contribution < 1.29 is 9.90 Å². The van der Waals surface area contributed by atoms with Gasteiger partial charge in [-0.3, -0.25) is 4.79 Å². The average molecular weight is 309 g/mol. The smallest absolute Gasteiger partial charge is 0.254 e. The van der Waals surface area contributed by atoms with Gasteiger partial charge in [0.25, 0.3) is 5.91 Å². The largest absolute Gasteiger partial charge is 0.388 e. The Bertz CT molecular complexity index is 651. The number of carbonyl (C=O) groups is 1. The zero-order valence-corrected chi connectivity index (χ0v) is 13.5. The van der Waals surface area contributed by atoms with Crippen molar-refractivity contribution in [3.63, 3.8) is 0 Å². The third-order valence-corrected chi connectivity index (χ3v) is 4.62. The zero-order valence-electron chi connectivity index (χ0n) is 13.5. The molecular weight excluding hydrogens is 286 g/mol. The second kappa shape index (κ2) is 6.97. The first-order valence-corrected chi connectivity index (χ1v) is 8.26. The van der Waals surface area contributed by atoms with Crippen LogP contribution in [0.5, 0.6) is 0 Å². The van der Waals surface area contributed by atoms with Crippen LogP contribution in [0.3, 0.4) is 0 Å². The van der Waals surface area contributed by atoms with Gasteiger partial charge in [0.15, 0.2) is 0 Å². The van der Waals surface area contributed by atoms with Crippen molar-refractivity contribution in [3.8, 4) is 0 Å². The summed E-state index contributed by atoms with van der Waals surface area (Å²) in [5.41, 5.74) is 2.80. The molecule has 3 rings (SSSR count). The molecule has 1 amide bonds. The summed E-state index contributed by atoms with van der Waals surface area (Å²) < 4.78 is 0. The molecular formula is C20H23NO2. The summed E-state index contributed by atoms with van der Waals surface area (Å²) in [5, 5.41) is 10.4. The van der Waals surface area contributed by atoms with Crippen LogP contribution in [0.15, 0.2) is 54.6 Å². The van der Waals surface area contributed by atoms with Gasteiger partial charge in [-0.25, -0.2) is 0 Å². The maximum absolute atomic E-state index is 12.7. The number of aryl methyl sites for hydroxylation is 1. The van der Waals surface area contributed by atoms with E-state index in [-0.39, 0.29) is 11.9 Å². The summed E-state index contributed by atoms with van der Waals surface area (Å²) in [7, 11) is 0. The minimum Gasteiger partial charge on any atom is -0.388 e. The average Bonchev–Trinajstić information content (AvgIpc) is 3.04. The number of nitrogens with zero attached hydrogens (tertiary/aromatic N) is 1. The van der Waals surface area contributed by atoms with Crippen molar-refractivity contribution in [1.29, 1.82) is 0 Å². The highest BCUT2D eigenvalue weighted by Gasteiger charge is 2.31. The van der Waals surface area contributed by atoms with Crippen molar-refractivity contribution >= 4 is 5.91 Å². The fourth-order valence-electron chi connectivity index (χ4n) is 3.28. The van der Waals surface area contributed by atoms with Crippen LogP contribution in [0.4, 0.5) is 0 Å². The number of aliphatic hydroxyl groups excluding tert-OH is 1. The van der Waals surface area contributed by atoms with E-state index in [2.05, 4.69) is 0 Å². The highest BCUT2D eigenvalue weighted by molar-refractivity contribution is 5.94. The van der Waals surface area contributed by atoms with E-state index >= 15 is 0 Å². The molecule has 1 aliphatic heterocycles. The zero-order chi connectivity index (χ0) is 16.2.